The van der Waals surface area contributed by atoms with Gasteiger partial charge in [0.1, 0.15) is 11.6 Å². The lowest BCUT2D eigenvalue weighted by atomic mass is 10.1. The van der Waals surface area contributed by atoms with Crippen LogP contribution >= 0.6 is 0 Å². The van der Waals surface area contributed by atoms with Crippen molar-refractivity contribution in [3.63, 3.8) is 0 Å². The molecule has 0 aliphatic carbocycles. The number of methoxy groups -OCH3 is 1. The summed E-state index contributed by atoms with van der Waals surface area (Å²) in [7, 11) is 3.86. The van der Waals surface area contributed by atoms with Gasteiger partial charge in [0.25, 0.3) is 0 Å². The number of fused-ring (bicyclic) bond motifs is 1. The summed E-state index contributed by atoms with van der Waals surface area (Å²) in [6.07, 6.45) is 5.17. The zero-order valence-corrected chi connectivity index (χ0v) is 10.3. The molecule has 0 radical (unpaired) electrons. The zero-order chi connectivity index (χ0) is 11.8. The van der Waals surface area contributed by atoms with Crippen molar-refractivity contribution in [3.05, 3.63) is 30.4 Å². The fourth-order valence-corrected chi connectivity index (χ4v) is 2.57. The Morgan fingerprint density at radius 3 is 3.06 bits per heavy atom. The maximum absolute atomic E-state index is 5.22. The summed E-state index contributed by atoms with van der Waals surface area (Å²) >= 11 is 0. The van der Waals surface area contributed by atoms with E-state index in [2.05, 4.69) is 27.5 Å². The summed E-state index contributed by atoms with van der Waals surface area (Å²) in [5.74, 6) is 2.61. The molecule has 4 nitrogen and oxygen atoms in total. The fourth-order valence-electron chi connectivity index (χ4n) is 2.57. The highest BCUT2D eigenvalue weighted by atomic mass is 16.5. The van der Waals surface area contributed by atoms with E-state index in [1.54, 1.807) is 7.11 Å². The molecular formula is C13H17N3O. The van der Waals surface area contributed by atoms with E-state index in [9.17, 15) is 0 Å². The van der Waals surface area contributed by atoms with Gasteiger partial charge in [-0.3, -0.25) is 0 Å². The Morgan fingerprint density at radius 1 is 1.47 bits per heavy atom. The van der Waals surface area contributed by atoms with Gasteiger partial charge >= 0.3 is 0 Å². The standard InChI is InChI=1S/C13H17N3O/c1-15-5-3-10(9-15)13-14-8-11-7-12(17-2)4-6-16(11)13/h4,6-8,10H,3,5,9H2,1-2H3. The number of ether oxygens (including phenoxy) is 1. The van der Waals surface area contributed by atoms with Gasteiger partial charge in [0.2, 0.25) is 0 Å². The molecule has 2 aromatic rings. The molecule has 0 saturated carbocycles. The molecule has 0 amide bonds. The summed E-state index contributed by atoms with van der Waals surface area (Å²) in [6, 6.07) is 4.01. The van der Waals surface area contributed by atoms with Gasteiger partial charge in [-0.25, -0.2) is 4.98 Å². The third kappa shape index (κ3) is 1.78. The summed E-state index contributed by atoms with van der Waals surface area (Å²) in [4.78, 5) is 6.92. The van der Waals surface area contributed by atoms with Crippen LogP contribution in [0.5, 0.6) is 5.75 Å². The van der Waals surface area contributed by atoms with Crippen LogP contribution in [0, 0.1) is 0 Å². The summed E-state index contributed by atoms with van der Waals surface area (Å²) in [5, 5.41) is 0. The first-order valence-corrected chi connectivity index (χ1v) is 5.97. The molecule has 4 heteroatoms. The van der Waals surface area contributed by atoms with Crippen LogP contribution in [0.2, 0.25) is 0 Å². The van der Waals surface area contributed by atoms with Crippen LogP contribution in [0.1, 0.15) is 18.2 Å². The number of pyridine rings is 1. The van der Waals surface area contributed by atoms with Crippen molar-refractivity contribution >= 4 is 5.52 Å². The van der Waals surface area contributed by atoms with Crippen molar-refractivity contribution in [1.29, 1.82) is 0 Å². The van der Waals surface area contributed by atoms with Crippen molar-refractivity contribution in [1.82, 2.24) is 14.3 Å². The van der Waals surface area contributed by atoms with Gasteiger partial charge in [-0.1, -0.05) is 0 Å². The molecular weight excluding hydrogens is 214 g/mol. The van der Waals surface area contributed by atoms with E-state index in [0.717, 1.165) is 24.4 Å². The van der Waals surface area contributed by atoms with Gasteiger partial charge in [-0.15, -0.1) is 0 Å². The highest BCUT2D eigenvalue weighted by molar-refractivity contribution is 5.51. The van der Waals surface area contributed by atoms with Gasteiger partial charge < -0.3 is 14.0 Å². The van der Waals surface area contributed by atoms with Crippen LogP contribution in [0.25, 0.3) is 5.52 Å². The first-order chi connectivity index (χ1) is 8.28. The molecule has 1 aliphatic heterocycles. The molecule has 3 rings (SSSR count). The van der Waals surface area contributed by atoms with E-state index in [1.165, 1.54) is 12.2 Å². The normalized spacial score (nSPS) is 21.2. The molecule has 0 aromatic carbocycles. The smallest absolute Gasteiger partial charge is 0.122 e. The molecule has 1 atom stereocenters. The van der Waals surface area contributed by atoms with E-state index in [0.29, 0.717) is 5.92 Å². The summed E-state index contributed by atoms with van der Waals surface area (Å²) in [6.45, 7) is 2.26. The van der Waals surface area contributed by atoms with Crippen molar-refractivity contribution in [3.8, 4) is 5.75 Å². The average Bonchev–Trinajstić information content (AvgIpc) is 2.93. The van der Waals surface area contributed by atoms with Gasteiger partial charge in [0, 0.05) is 24.7 Å². The Bertz CT molecular complexity index is 534. The lowest BCUT2D eigenvalue weighted by Gasteiger charge is -2.10. The maximum atomic E-state index is 5.22. The third-order valence-corrected chi connectivity index (χ3v) is 3.52. The minimum atomic E-state index is 0.552. The minimum Gasteiger partial charge on any atom is -0.497 e. The van der Waals surface area contributed by atoms with Crippen molar-refractivity contribution in [2.24, 2.45) is 0 Å². The lowest BCUT2D eigenvalue weighted by molar-refractivity contribution is 0.409. The van der Waals surface area contributed by atoms with E-state index in [1.807, 2.05) is 18.3 Å². The van der Waals surface area contributed by atoms with E-state index >= 15 is 0 Å². The number of hydrogen-bond donors (Lipinski definition) is 0. The quantitative estimate of drug-likeness (QED) is 0.789. The Hall–Kier alpha value is -1.55. The third-order valence-electron chi connectivity index (χ3n) is 3.52. The lowest BCUT2D eigenvalue weighted by Crippen LogP contribution is -2.14. The molecule has 0 spiro atoms. The zero-order valence-electron chi connectivity index (χ0n) is 10.3. The van der Waals surface area contributed by atoms with Crippen LogP contribution in [0.4, 0.5) is 0 Å². The first-order valence-electron chi connectivity index (χ1n) is 5.97. The van der Waals surface area contributed by atoms with E-state index in [-0.39, 0.29) is 0 Å². The van der Waals surface area contributed by atoms with E-state index < -0.39 is 0 Å². The second-order valence-electron chi connectivity index (χ2n) is 4.73. The predicted molar refractivity (Wildman–Crippen MR) is 66.6 cm³/mol. The fraction of sp³-hybridized carbons (Fsp3) is 0.462. The maximum Gasteiger partial charge on any atom is 0.122 e. The topological polar surface area (TPSA) is 29.8 Å². The molecule has 2 aromatic heterocycles. The Kier molecular flexibility index (Phi) is 2.52. The number of hydrogen-bond acceptors (Lipinski definition) is 3. The molecule has 1 aliphatic rings. The van der Waals surface area contributed by atoms with Gasteiger partial charge in [0.05, 0.1) is 18.8 Å². The second-order valence-corrected chi connectivity index (χ2v) is 4.73. The molecule has 17 heavy (non-hydrogen) atoms. The Morgan fingerprint density at radius 2 is 2.35 bits per heavy atom. The van der Waals surface area contributed by atoms with Crippen molar-refractivity contribution < 1.29 is 4.74 Å². The number of likely N-dealkylation sites (tertiary alicyclic amines) is 1. The van der Waals surface area contributed by atoms with Gasteiger partial charge in [0.15, 0.2) is 0 Å². The molecule has 0 N–H and O–H groups in total. The Labute approximate surface area is 101 Å². The predicted octanol–water partition coefficient (Wildman–Crippen LogP) is 1.76. The molecule has 0 bridgehead atoms. The highest BCUT2D eigenvalue weighted by Gasteiger charge is 2.24. The van der Waals surface area contributed by atoms with Crippen LogP contribution in [-0.4, -0.2) is 41.5 Å². The number of likely N-dealkylation sites (N-methyl/N-ethyl adjacent to an activating group) is 1. The number of rotatable bonds is 2. The monoisotopic (exact) mass is 231 g/mol. The minimum absolute atomic E-state index is 0.552. The number of imidazole rings is 1. The average molecular weight is 231 g/mol. The molecule has 1 unspecified atom stereocenters. The highest BCUT2D eigenvalue weighted by Crippen LogP contribution is 2.26. The first kappa shape index (κ1) is 10.6. The van der Waals surface area contributed by atoms with Crippen molar-refractivity contribution in [2.45, 2.75) is 12.3 Å². The molecule has 1 saturated heterocycles. The molecule has 1 fully saturated rings. The van der Waals surface area contributed by atoms with E-state index in [4.69, 9.17) is 4.74 Å². The van der Waals surface area contributed by atoms with Crippen LogP contribution in [-0.2, 0) is 0 Å². The summed E-state index contributed by atoms with van der Waals surface area (Å²) < 4.78 is 7.40. The number of aromatic nitrogens is 2. The summed E-state index contributed by atoms with van der Waals surface area (Å²) in [5.41, 5.74) is 1.11. The largest absolute Gasteiger partial charge is 0.497 e. The van der Waals surface area contributed by atoms with Crippen LogP contribution < -0.4 is 4.74 Å². The Balaban J connectivity index is 2.00. The van der Waals surface area contributed by atoms with Crippen molar-refractivity contribution in [2.75, 3.05) is 27.2 Å². The molecule has 90 valence electrons. The second kappa shape index (κ2) is 4.04. The number of nitrogens with zero attached hydrogens (tertiary/aromatic N) is 3. The van der Waals surface area contributed by atoms with Gasteiger partial charge in [-0.2, -0.15) is 0 Å². The van der Waals surface area contributed by atoms with Gasteiger partial charge in [-0.05, 0) is 26.1 Å². The molecule has 3 heterocycles. The van der Waals surface area contributed by atoms with Crippen LogP contribution in [0.3, 0.4) is 0 Å². The SMILES string of the molecule is COc1ccn2c(C3CCN(C)C3)ncc2c1. The van der Waals surface area contributed by atoms with Crippen LogP contribution in [0.15, 0.2) is 24.5 Å².